The summed E-state index contributed by atoms with van der Waals surface area (Å²) in [4.78, 5) is 21.3. The van der Waals surface area contributed by atoms with Crippen molar-refractivity contribution in [1.29, 1.82) is 0 Å². The van der Waals surface area contributed by atoms with Gasteiger partial charge in [-0.1, -0.05) is 19.3 Å². The van der Waals surface area contributed by atoms with Crippen LogP contribution in [0.25, 0.3) is 22.2 Å². The van der Waals surface area contributed by atoms with Crippen molar-refractivity contribution >= 4 is 22.9 Å². The van der Waals surface area contributed by atoms with E-state index in [0.717, 1.165) is 22.2 Å². The molecule has 0 radical (unpaired) electrons. The highest BCUT2D eigenvalue weighted by Gasteiger charge is 2.21. The number of rotatable bonds is 4. The van der Waals surface area contributed by atoms with Gasteiger partial charge in [-0.05, 0) is 43.9 Å². The molecule has 7 nitrogen and oxygen atoms in total. The minimum Gasteiger partial charge on any atom is -0.335 e. The van der Waals surface area contributed by atoms with Crippen molar-refractivity contribution in [3.8, 4) is 11.1 Å². The lowest BCUT2D eigenvalue weighted by atomic mass is 9.85. The number of nitrogens with zero attached hydrogens (tertiary/aromatic N) is 3. The molecule has 1 aliphatic carbocycles. The quantitative estimate of drug-likeness (QED) is 0.649. The van der Waals surface area contributed by atoms with Crippen molar-refractivity contribution in [3.05, 3.63) is 36.8 Å². The molecular weight excluding hydrogens is 340 g/mol. The molecule has 2 amide bonds. The van der Waals surface area contributed by atoms with Gasteiger partial charge in [0.1, 0.15) is 5.82 Å². The smallest absolute Gasteiger partial charge is 0.320 e. The Morgan fingerprint density at radius 2 is 2.00 bits per heavy atom. The number of anilines is 1. The van der Waals surface area contributed by atoms with Crippen LogP contribution in [0.5, 0.6) is 0 Å². The van der Waals surface area contributed by atoms with Crippen LogP contribution in [0.2, 0.25) is 0 Å². The van der Waals surface area contributed by atoms with Gasteiger partial charge in [0, 0.05) is 29.6 Å². The van der Waals surface area contributed by atoms with Crippen LogP contribution in [-0.4, -0.2) is 32.2 Å². The molecule has 4 rings (SSSR count). The summed E-state index contributed by atoms with van der Waals surface area (Å²) in [5.74, 6) is 1.08. The predicted molar refractivity (Wildman–Crippen MR) is 105 cm³/mol. The minimum atomic E-state index is -0.209. The van der Waals surface area contributed by atoms with Crippen LogP contribution in [0.3, 0.4) is 0 Å². The summed E-state index contributed by atoms with van der Waals surface area (Å²) in [7, 11) is 0. The number of pyridine rings is 2. The maximum Gasteiger partial charge on any atom is 0.320 e. The second-order valence-electron chi connectivity index (χ2n) is 7.23. The van der Waals surface area contributed by atoms with Crippen molar-refractivity contribution in [2.45, 2.75) is 45.1 Å². The van der Waals surface area contributed by atoms with E-state index >= 15 is 0 Å². The summed E-state index contributed by atoms with van der Waals surface area (Å²) in [5.41, 5.74) is 3.38. The van der Waals surface area contributed by atoms with E-state index in [1.165, 1.54) is 32.1 Å². The highest BCUT2D eigenvalue weighted by atomic mass is 16.2. The van der Waals surface area contributed by atoms with Gasteiger partial charge in [0.05, 0.1) is 17.2 Å². The van der Waals surface area contributed by atoms with Gasteiger partial charge in [-0.2, -0.15) is 5.10 Å². The fourth-order valence-corrected chi connectivity index (χ4v) is 3.75. The number of carbonyl (C=O) groups is 1. The van der Waals surface area contributed by atoms with E-state index < -0.39 is 0 Å². The lowest BCUT2D eigenvalue weighted by molar-refractivity contribution is 0.235. The van der Waals surface area contributed by atoms with Crippen LogP contribution in [0, 0.1) is 5.92 Å². The third-order valence-electron chi connectivity index (χ3n) is 5.33. The number of carbonyl (C=O) groups excluding carboxylic acids is 1. The van der Waals surface area contributed by atoms with Gasteiger partial charge in [0.2, 0.25) is 0 Å². The molecule has 1 fully saturated rings. The van der Waals surface area contributed by atoms with Gasteiger partial charge in [-0.15, -0.1) is 0 Å². The molecule has 3 N–H and O–H groups in total. The van der Waals surface area contributed by atoms with E-state index in [0.29, 0.717) is 11.7 Å². The Hall–Kier alpha value is -2.96. The van der Waals surface area contributed by atoms with Crippen LogP contribution < -0.4 is 10.6 Å². The summed E-state index contributed by atoms with van der Waals surface area (Å²) < 4.78 is 0. The number of hydrogen-bond donors (Lipinski definition) is 3. The fraction of sp³-hybridized carbons (Fsp3) is 0.400. The van der Waals surface area contributed by atoms with E-state index in [9.17, 15) is 4.79 Å². The molecule has 1 atom stereocenters. The maximum absolute atomic E-state index is 12.4. The molecule has 1 aliphatic rings. The lowest BCUT2D eigenvalue weighted by Gasteiger charge is -2.28. The van der Waals surface area contributed by atoms with Crippen molar-refractivity contribution in [2.75, 3.05) is 5.32 Å². The topological polar surface area (TPSA) is 95.6 Å². The molecule has 3 heterocycles. The first-order chi connectivity index (χ1) is 13.2. The van der Waals surface area contributed by atoms with E-state index in [2.05, 4.69) is 37.7 Å². The van der Waals surface area contributed by atoms with Crippen molar-refractivity contribution in [2.24, 2.45) is 5.92 Å². The average Bonchev–Trinajstić information content (AvgIpc) is 3.23. The molecule has 0 bridgehead atoms. The Morgan fingerprint density at radius 3 is 2.78 bits per heavy atom. The van der Waals surface area contributed by atoms with Crippen LogP contribution in [0.4, 0.5) is 10.6 Å². The zero-order valence-electron chi connectivity index (χ0n) is 15.4. The fourth-order valence-electron chi connectivity index (χ4n) is 3.75. The minimum absolute atomic E-state index is 0.167. The second-order valence-corrected chi connectivity index (χ2v) is 7.23. The lowest BCUT2D eigenvalue weighted by Crippen LogP contribution is -2.41. The maximum atomic E-state index is 12.4. The van der Waals surface area contributed by atoms with Gasteiger partial charge in [0.25, 0.3) is 0 Å². The number of urea groups is 1. The van der Waals surface area contributed by atoms with Crippen LogP contribution in [0.15, 0.2) is 36.8 Å². The Morgan fingerprint density at radius 1 is 1.15 bits per heavy atom. The van der Waals surface area contributed by atoms with Crippen molar-refractivity contribution < 1.29 is 4.79 Å². The highest BCUT2D eigenvalue weighted by Crippen LogP contribution is 2.26. The monoisotopic (exact) mass is 364 g/mol. The van der Waals surface area contributed by atoms with Crippen molar-refractivity contribution in [3.63, 3.8) is 0 Å². The van der Waals surface area contributed by atoms with Gasteiger partial charge in [0.15, 0.2) is 0 Å². The van der Waals surface area contributed by atoms with Crippen molar-refractivity contribution in [1.82, 2.24) is 25.5 Å². The molecule has 0 aromatic carbocycles. The van der Waals surface area contributed by atoms with Gasteiger partial charge < -0.3 is 5.32 Å². The third kappa shape index (κ3) is 4.07. The van der Waals surface area contributed by atoms with Crippen LogP contribution in [-0.2, 0) is 0 Å². The third-order valence-corrected chi connectivity index (χ3v) is 5.33. The molecule has 0 saturated heterocycles. The van der Waals surface area contributed by atoms with E-state index in [-0.39, 0.29) is 12.1 Å². The molecule has 3 aromatic rings. The van der Waals surface area contributed by atoms with Gasteiger partial charge in [-0.25, -0.2) is 9.78 Å². The summed E-state index contributed by atoms with van der Waals surface area (Å²) in [6, 6.07) is 5.54. The zero-order valence-corrected chi connectivity index (χ0v) is 15.4. The number of amides is 2. The Balaban J connectivity index is 1.45. The normalized spacial score (nSPS) is 16.2. The number of aromatic amines is 1. The van der Waals surface area contributed by atoms with E-state index in [1.54, 1.807) is 18.5 Å². The Labute approximate surface area is 158 Å². The predicted octanol–water partition coefficient (Wildman–Crippen LogP) is 4.11. The summed E-state index contributed by atoms with van der Waals surface area (Å²) in [6.45, 7) is 2.09. The van der Waals surface area contributed by atoms with E-state index in [4.69, 9.17) is 0 Å². The molecule has 0 aliphatic heterocycles. The Bertz CT molecular complexity index is 917. The molecular formula is C20H24N6O. The summed E-state index contributed by atoms with van der Waals surface area (Å²) in [5, 5.41) is 12.7. The molecule has 7 heteroatoms. The molecule has 0 spiro atoms. The number of fused-ring (bicyclic) bond motifs is 1. The number of hydrogen-bond acceptors (Lipinski definition) is 4. The zero-order chi connectivity index (χ0) is 18.6. The first-order valence-corrected chi connectivity index (χ1v) is 9.52. The Kier molecular flexibility index (Phi) is 5.00. The first kappa shape index (κ1) is 17.5. The SMILES string of the molecule is C[C@H](NC(=O)Nc1ccc2ncc(-c3cn[nH]c3)cc2n1)C1CCCCC1. The molecule has 140 valence electrons. The summed E-state index contributed by atoms with van der Waals surface area (Å²) in [6.07, 6.45) is 11.6. The largest absolute Gasteiger partial charge is 0.335 e. The van der Waals surface area contributed by atoms with E-state index in [1.807, 2.05) is 18.3 Å². The van der Waals surface area contributed by atoms with Crippen LogP contribution in [0.1, 0.15) is 39.0 Å². The standard InChI is InChI=1S/C20H24N6O/c1-13(14-5-3-2-4-6-14)24-20(27)26-19-8-7-17-18(25-19)9-15(10-21-17)16-11-22-23-12-16/h7-14H,2-6H2,1H3,(H,22,23)(H2,24,25,26,27)/t13-/m0/s1. The molecule has 27 heavy (non-hydrogen) atoms. The van der Waals surface area contributed by atoms with Gasteiger partial charge in [-0.3, -0.25) is 15.4 Å². The average molecular weight is 364 g/mol. The summed E-state index contributed by atoms with van der Waals surface area (Å²) >= 11 is 0. The number of H-pyrrole nitrogens is 1. The first-order valence-electron chi connectivity index (χ1n) is 9.52. The van der Waals surface area contributed by atoms with Crippen LogP contribution >= 0.6 is 0 Å². The number of nitrogens with one attached hydrogen (secondary N) is 3. The molecule has 1 saturated carbocycles. The molecule has 0 unspecified atom stereocenters. The highest BCUT2D eigenvalue weighted by molar-refractivity contribution is 5.90. The van der Waals surface area contributed by atoms with Gasteiger partial charge >= 0.3 is 6.03 Å². The second kappa shape index (κ2) is 7.73. The molecule has 3 aromatic heterocycles. The number of aromatic nitrogens is 4.